The summed E-state index contributed by atoms with van der Waals surface area (Å²) in [5.41, 5.74) is 2.22. The van der Waals surface area contributed by atoms with Crippen molar-refractivity contribution in [3.63, 3.8) is 0 Å². The van der Waals surface area contributed by atoms with Crippen LogP contribution in [0.15, 0.2) is 65.6 Å². The maximum atomic E-state index is 12.6. The fraction of sp³-hybridized carbons (Fsp3) is 0.0588. The highest BCUT2D eigenvalue weighted by Gasteiger charge is 2.16. The number of pyridine rings is 1. The summed E-state index contributed by atoms with van der Waals surface area (Å²) in [5, 5.41) is 5.85. The predicted molar refractivity (Wildman–Crippen MR) is 85.3 cm³/mol. The van der Waals surface area contributed by atoms with Crippen LogP contribution in [0.2, 0.25) is 0 Å². The zero-order chi connectivity index (χ0) is 15.1. The molecule has 2 heterocycles. The highest BCUT2D eigenvalue weighted by atomic mass is 16.6. The molecule has 0 N–H and O–H groups in total. The molecule has 5 heteroatoms. The lowest BCUT2D eigenvalue weighted by Gasteiger charge is -2.10. The summed E-state index contributed by atoms with van der Waals surface area (Å²) < 4.78 is 3.09. The number of fused-ring (bicyclic) bond motifs is 3. The predicted octanol–water partition coefficient (Wildman–Crippen LogP) is 2.40. The fourth-order valence-corrected chi connectivity index (χ4v) is 2.78. The van der Waals surface area contributed by atoms with Gasteiger partial charge in [-0.2, -0.15) is 5.10 Å². The van der Waals surface area contributed by atoms with Gasteiger partial charge in [0.15, 0.2) is 0 Å². The van der Waals surface area contributed by atoms with E-state index in [0.29, 0.717) is 5.39 Å². The molecule has 0 aliphatic heterocycles. The zero-order valence-corrected chi connectivity index (χ0v) is 11.9. The van der Waals surface area contributed by atoms with E-state index in [9.17, 15) is 4.79 Å². The van der Waals surface area contributed by atoms with Crippen molar-refractivity contribution in [3.8, 4) is 5.69 Å². The van der Waals surface area contributed by atoms with E-state index in [1.807, 2.05) is 54.6 Å². The summed E-state index contributed by atoms with van der Waals surface area (Å²) in [6.07, 6.45) is 1.59. The second-order valence-corrected chi connectivity index (χ2v) is 4.95. The Labute approximate surface area is 125 Å². The molecule has 0 atom stereocenters. The van der Waals surface area contributed by atoms with Gasteiger partial charge in [0.2, 0.25) is 0 Å². The molecule has 0 saturated carbocycles. The van der Waals surface area contributed by atoms with E-state index in [0.717, 1.165) is 22.1 Å². The minimum absolute atomic E-state index is 0.210. The van der Waals surface area contributed by atoms with Crippen LogP contribution in [0.25, 0.3) is 27.5 Å². The van der Waals surface area contributed by atoms with Crippen LogP contribution in [0.5, 0.6) is 0 Å². The maximum Gasteiger partial charge on any atom is 0.294 e. The van der Waals surface area contributed by atoms with Gasteiger partial charge < -0.3 is 4.84 Å². The first-order valence-corrected chi connectivity index (χ1v) is 6.92. The summed E-state index contributed by atoms with van der Waals surface area (Å²) >= 11 is 0. The van der Waals surface area contributed by atoms with Gasteiger partial charge in [-0.05, 0) is 18.2 Å². The molecule has 4 rings (SSSR count). The third kappa shape index (κ3) is 1.65. The summed E-state index contributed by atoms with van der Waals surface area (Å²) in [6, 6.07) is 17.4. The minimum Gasteiger partial charge on any atom is -0.413 e. The van der Waals surface area contributed by atoms with E-state index >= 15 is 0 Å². The molecule has 108 valence electrons. The Morgan fingerprint density at radius 3 is 2.45 bits per heavy atom. The first-order chi connectivity index (χ1) is 10.8. The Morgan fingerprint density at radius 2 is 1.68 bits per heavy atom. The molecule has 0 bridgehead atoms. The highest BCUT2D eigenvalue weighted by Crippen LogP contribution is 2.24. The first kappa shape index (κ1) is 12.6. The zero-order valence-electron chi connectivity index (χ0n) is 11.9. The average molecular weight is 291 g/mol. The molecule has 0 aliphatic carbocycles. The standard InChI is InChI=1S/C17H13N3O2/c1-22-20-15-10-6-5-9-13(15)16-14(17(20)21)11-18-19(16)12-7-3-2-4-8-12/h2-11H,1H3. The molecule has 0 unspecified atom stereocenters. The lowest BCUT2D eigenvalue weighted by atomic mass is 10.1. The number of nitrogens with zero attached hydrogens (tertiary/aromatic N) is 3. The lowest BCUT2D eigenvalue weighted by molar-refractivity contribution is 0.170. The molecule has 0 aliphatic rings. The molecule has 4 aromatic rings. The number of rotatable bonds is 2. The van der Waals surface area contributed by atoms with Crippen molar-refractivity contribution in [2.24, 2.45) is 0 Å². The van der Waals surface area contributed by atoms with Gasteiger partial charge in [-0.25, -0.2) is 4.68 Å². The van der Waals surface area contributed by atoms with Gasteiger partial charge >= 0.3 is 0 Å². The molecule has 0 spiro atoms. The molecule has 2 aromatic heterocycles. The van der Waals surface area contributed by atoms with E-state index in [1.54, 1.807) is 10.9 Å². The van der Waals surface area contributed by atoms with Gasteiger partial charge in [0, 0.05) is 5.39 Å². The fourth-order valence-electron chi connectivity index (χ4n) is 2.78. The van der Waals surface area contributed by atoms with Gasteiger partial charge in [-0.15, -0.1) is 4.73 Å². The quantitative estimate of drug-likeness (QED) is 0.570. The van der Waals surface area contributed by atoms with Crippen LogP contribution in [-0.4, -0.2) is 21.6 Å². The molecule has 0 radical (unpaired) electrons. The molecule has 2 aromatic carbocycles. The lowest BCUT2D eigenvalue weighted by Crippen LogP contribution is -2.25. The third-order valence-corrected chi connectivity index (χ3v) is 3.75. The van der Waals surface area contributed by atoms with Crippen molar-refractivity contribution in [3.05, 3.63) is 71.1 Å². The summed E-state index contributed by atoms with van der Waals surface area (Å²) in [7, 11) is 1.49. The van der Waals surface area contributed by atoms with E-state index in [1.165, 1.54) is 11.8 Å². The van der Waals surface area contributed by atoms with Gasteiger partial charge in [0.05, 0.1) is 28.3 Å². The van der Waals surface area contributed by atoms with Crippen LogP contribution >= 0.6 is 0 Å². The van der Waals surface area contributed by atoms with Crippen LogP contribution in [0.1, 0.15) is 0 Å². The molecule has 0 fully saturated rings. The summed E-state index contributed by atoms with van der Waals surface area (Å²) in [6.45, 7) is 0. The van der Waals surface area contributed by atoms with E-state index in [-0.39, 0.29) is 5.56 Å². The van der Waals surface area contributed by atoms with Gasteiger partial charge in [0.1, 0.15) is 7.11 Å². The van der Waals surface area contributed by atoms with Gasteiger partial charge in [-0.1, -0.05) is 36.4 Å². The molecule has 5 nitrogen and oxygen atoms in total. The largest absolute Gasteiger partial charge is 0.413 e. The number of aromatic nitrogens is 3. The Balaban J connectivity index is 2.22. The Hall–Kier alpha value is -3.08. The van der Waals surface area contributed by atoms with Crippen LogP contribution in [0.4, 0.5) is 0 Å². The highest BCUT2D eigenvalue weighted by molar-refractivity contribution is 6.03. The number of hydrogen-bond acceptors (Lipinski definition) is 3. The van der Waals surface area contributed by atoms with Crippen molar-refractivity contribution in [2.45, 2.75) is 0 Å². The van der Waals surface area contributed by atoms with Crippen LogP contribution in [0, 0.1) is 0 Å². The maximum absolute atomic E-state index is 12.6. The average Bonchev–Trinajstić information content (AvgIpc) is 3.02. The van der Waals surface area contributed by atoms with Crippen LogP contribution < -0.4 is 10.4 Å². The first-order valence-electron chi connectivity index (χ1n) is 6.92. The van der Waals surface area contributed by atoms with Gasteiger partial charge in [0.25, 0.3) is 5.56 Å². The Morgan fingerprint density at radius 1 is 0.955 bits per heavy atom. The van der Waals surface area contributed by atoms with Crippen LogP contribution in [0.3, 0.4) is 0 Å². The second kappa shape index (κ2) is 4.73. The second-order valence-electron chi connectivity index (χ2n) is 4.95. The van der Waals surface area contributed by atoms with Crippen molar-refractivity contribution in [1.82, 2.24) is 14.5 Å². The van der Waals surface area contributed by atoms with Crippen molar-refractivity contribution >= 4 is 21.8 Å². The normalized spacial score (nSPS) is 11.1. The van der Waals surface area contributed by atoms with Crippen molar-refractivity contribution in [2.75, 3.05) is 7.11 Å². The van der Waals surface area contributed by atoms with E-state index < -0.39 is 0 Å². The van der Waals surface area contributed by atoms with E-state index in [2.05, 4.69) is 5.10 Å². The molecule has 0 amide bonds. The minimum atomic E-state index is -0.210. The van der Waals surface area contributed by atoms with E-state index in [4.69, 9.17) is 4.84 Å². The molecular formula is C17H13N3O2. The van der Waals surface area contributed by atoms with Crippen molar-refractivity contribution < 1.29 is 4.84 Å². The Kier molecular flexibility index (Phi) is 2.72. The number of para-hydroxylation sites is 2. The topological polar surface area (TPSA) is 49.1 Å². The SMILES string of the molecule is COn1c(=O)c2cnn(-c3ccccc3)c2c2ccccc21. The summed E-state index contributed by atoms with van der Waals surface area (Å²) in [5.74, 6) is 0. The number of hydrogen-bond donors (Lipinski definition) is 0. The third-order valence-electron chi connectivity index (χ3n) is 3.75. The summed E-state index contributed by atoms with van der Waals surface area (Å²) in [4.78, 5) is 17.9. The monoisotopic (exact) mass is 291 g/mol. The smallest absolute Gasteiger partial charge is 0.294 e. The van der Waals surface area contributed by atoms with Crippen molar-refractivity contribution in [1.29, 1.82) is 0 Å². The van der Waals surface area contributed by atoms with Gasteiger partial charge in [-0.3, -0.25) is 4.79 Å². The molecule has 0 saturated heterocycles. The molecular weight excluding hydrogens is 278 g/mol. The Bertz CT molecular complexity index is 1030. The molecule has 22 heavy (non-hydrogen) atoms. The number of benzene rings is 2. The van der Waals surface area contributed by atoms with Crippen LogP contribution in [-0.2, 0) is 0 Å².